The van der Waals surface area contributed by atoms with Crippen LogP contribution in [0.15, 0.2) is 53.4 Å². The molecule has 0 aromatic heterocycles. The van der Waals surface area contributed by atoms with Crippen LogP contribution in [0.2, 0.25) is 0 Å². The van der Waals surface area contributed by atoms with Crippen molar-refractivity contribution in [3.05, 3.63) is 48.5 Å². The Morgan fingerprint density at radius 3 is 2.31 bits per heavy atom. The van der Waals surface area contributed by atoms with Gasteiger partial charge in [-0.2, -0.15) is 0 Å². The van der Waals surface area contributed by atoms with Crippen molar-refractivity contribution in [1.29, 1.82) is 0 Å². The lowest BCUT2D eigenvalue weighted by Gasteiger charge is -2.08. The number of hydrogen-bond donors (Lipinski definition) is 2. The normalized spacial score (nSPS) is 12.3. The van der Waals surface area contributed by atoms with Crippen LogP contribution in [-0.4, -0.2) is 8.76 Å². The van der Waals surface area contributed by atoms with E-state index in [1.807, 2.05) is 36.4 Å². The lowest BCUT2D eigenvalue weighted by molar-refractivity contribution is 0.565. The molecular formula is C12H11NO2S. The number of nitrogen functional groups attached to an aromatic ring is 1. The summed E-state index contributed by atoms with van der Waals surface area (Å²) in [6.07, 6.45) is 0. The molecule has 0 fully saturated rings. The Balaban J connectivity index is 2.59. The molecule has 2 rings (SSSR count). The van der Waals surface area contributed by atoms with Crippen molar-refractivity contribution in [3.8, 4) is 11.1 Å². The second-order valence-electron chi connectivity index (χ2n) is 3.33. The van der Waals surface area contributed by atoms with Gasteiger partial charge in [0.05, 0.1) is 10.6 Å². The van der Waals surface area contributed by atoms with Crippen LogP contribution in [0.4, 0.5) is 5.69 Å². The molecule has 0 radical (unpaired) electrons. The maximum Gasteiger partial charge on any atom is 0.188 e. The predicted molar refractivity (Wildman–Crippen MR) is 65.3 cm³/mol. The number of rotatable bonds is 2. The number of anilines is 1. The summed E-state index contributed by atoms with van der Waals surface area (Å²) in [6, 6.07) is 14.6. The van der Waals surface area contributed by atoms with Gasteiger partial charge >= 0.3 is 0 Å². The molecule has 3 N–H and O–H groups in total. The van der Waals surface area contributed by atoms with Crippen molar-refractivity contribution < 1.29 is 8.76 Å². The molecule has 0 bridgehead atoms. The second-order valence-corrected chi connectivity index (χ2v) is 4.27. The summed E-state index contributed by atoms with van der Waals surface area (Å²) < 4.78 is 20.1. The summed E-state index contributed by atoms with van der Waals surface area (Å²) >= 11 is -2.05. The van der Waals surface area contributed by atoms with Gasteiger partial charge in [0.1, 0.15) is 0 Å². The van der Waals surface area contributed by atoms with Crippen molar-refractivity contribution in [3.63, 3.8) is 0 Å². The van der Waals surface area contributed by atoms with E-state index in [1.54, 1.807) is 12.1 Å². The highest BCUT2D eigenvalue weighted by molar-refractivity contribution is 7.79. The molecule has 82 valence electrons. The first-order chi connectivity index (χ1) is 7.70. The topological polar surface area (TPSA) is 63.3 Å². The number of nitrogens with two attached hydrogens (primary N) is 1. The van der Waals surface area contributed by atoms with Gasteiger partial charge in [-0.05, 0) is 11.6 Å². The molecule has 0 aliphatic rings. The molecule has 2 aromatic carbocycles. The molecule has 2 aromatic rings. The summed E-state index contributed by atoms with van der Waals surface area (Å²) in [5, 5.41) is 0. The van der Waals surface area contributed by atoms with Gasteiger partial charge in [-0.1, -0.05) is 42.5 Å². The molecular weight excluding hydrogens is 222 g/mol. The molecule has 4 heteroatoms. The number of para-hydroxylation sites is 1. The third kappa shape index (κ3) is 1.98. The van der Waals surface area contributed by atoms with Gasteiger partial charge in [-0.15, -0.1) is 0 Å². The maximum atomic E-state index is 11.0. The monoisotopic (exact) mass is 233 g/mol. The zero-order valence-electron chi connectivity index (χ0n) is 8.46. The third-order valence-electron chi connectivity index (χ3n) is 2.34. The van der Waals surface area contributed by atoms with E-state index in [1.165, 1.54) is 0 Å². The predicted octanol–water partition coefficient (Wildman–Crippen LogP) is 2.52. The van der Waals surface area contributed by atoms with Crippen LogP contribution in [0.1, 0.15) is 0 Å². The molecule has 0 amide bonds. The average Bonchev–Trinajstić information content (AvgIpc) is 2.30. The Morgan fingerprint density at radius 1 is 1.00 bits per heavy atom. The quantitative estimate of drug-likeness (QED) is 0.619. The third-order valence-corrected chi connectivity index (χ3v) is 3.07. The Morgan fingerprint density at radius 2 is 1.69 bits per heavy atom. The number of benzene rings is 2. The van der Waals surface area contributed by atoms with E-state index in [2.05, 4.69) is 0 Å². The van der Waals surface area contributed by atoms with Gasteiger partial charge in [0.25, 0.3) is 0 Å². The van der Waals surface area contributed by atoms with E-state index < -0.39 is 11.1 Å². The fraction of sp³-hybridized carbons (Fsp3) is 0. The highest BCUT2D eigenvalue weighted by atomic mass is 32.2. The summed E-state index contributed by atoms with van der Waals surface area (Å²) in [6.45, 7) is 0. The highest BCUT2D eigenvalue weighted by Gasteiger charge is 2.10. The van der Waals surface area contributed by atoms with Gasteiger partial charge < -0.3 is 10.3 Å². The largest absolute Gasteiger partial charge is 0.397 e. The lowest BCUT2D eigenvalue weighted by Crippen LogP contribution is -1.98. The Kier molecular flexibility index (Phi) is 3.03. The Bertz CT molecular complexity index is 526. The molecule has 0 saturated carbocycles. The van der Waals surface area contributed by atoms with E-state index >= 15 is 0 Å². The van der Waals surface area contributed by atoms with Crippen LogP contribution < -0.4 is 5.73 Å². The standard InChI is InChI=1S/C12H11NO2S/c13-12-10(9-5-2-1-3-6-9)7-4-8-11(12)16(14)15/h1-8H,13H2,(H,14,15). The van der Waals surface area contributed by atoms with Crippen molar-refractivity contribution in [2.24, 2.45) is 0 Å². The Hall–Kier alpha value is -1.65. The van der Waals surface area contributed by atoms with Crippen molar-refractivity contribution in [2.75, 3.05) is 5.73 Å². The maximum absolute atomic E-state index is 11.0. The van der Waals surface area contributed by atoms with Crippen LogP contribution in [-0.2, 0) is 11.1 Å². The minimum Gasteiger partial charge on any atom is -0.397 e. The fourth-order valence-electron chi connectivity index (χ4n) is 1.57. The van der Waals surface area contributed by atoms with Crippen LogP contribution in [0.5, 0.6) is 0 Å². The minimum atomic E-state index is -2.05. The molecule has 1 atom stereocenters. The Labute approximate surface area is 96.2 Å². The molecule has 3 nitrogen and oxygen atoms in total. The SMILES string of the molecule is Nc1c(-c2ccccc2)cccc1S(=O)O. The van der Waals surface area contributed by atoms with Gasteiger partial charge in [-0.25, -0.2) is 4.21 Å². The van der Waals surface area contributed by atoms with E-state index in [0.717, 1.165) is 11.1 Å². The van der Waals surface area contributed by atoms with Crippen LogP contribution in [0, 0.1) is 0 Å². The van der Waals surface area contributed by atoms with Crippen LogP contribution in [0.25, 0.3) is 11.1 Å². The van der Waals surface area contributed by atoms with Gasteiger partial charge in [0.2, 0.25) is 0 Å². The number of hydrogen-bond acceptors (Lipinski definition) is 2. The van der Waals surface area contributed by atoms with E-state index in [0.29, 0.717) is 5.69 Å². The van der Waals surface area contributed by atoms with E-state index in [-0.39, 0.29) is 4.90 Å². The van der Waals surface area contributed by atoms with E-state index in [4.69, 9.17) is 10.3 Å². The second kappa shape index (κ2) is 4.47. The fourth-order valence-corrected chi connectivity index (χ4v) is 2.06. The van der Waals surface area contributed by atoms with Gasteiger partial charge in [-0.3, -0.25) is 0 Å². The summed E-state index contributed by atoms with van der Waals surface area (Å²) in [4.78, 5) is 0.251. The summed E-state index contributed by atoms with van der Waals surface area (Å²) in [7, 11) is 0. The molecule has 0 heterocycles. The first-order valence-electron chi connectivity index (χ1n) is 4.75. The first-order valence-corrected chi connectivity index (χ1v) is 5.85. The van der Waals surface area contributed by atoms with Crippen molar-refractivity contribution in [2.45, 2.75) is 4.90 Å². The summed E-state index contributed by atoms with van der Waals surface area (Å²) in [5.41, 5.74) is 7.93. The van der Waals surface area contributed by atoms with Crippen molar-refractivity contribution in [1.82, 2.24) is 0 Å². The van der Waals surface area contributed by atoms with Crippen LogP contribution in [0.3, 0.4) is 0 Å². The molecule has 0 aliphatic heterocycles. The molecule has 0 saturated heterocycles. The van der Waals surface area contributed by atoms with Gasteiger partial charge in [0, 0.05) is 5.56 Å². The van der Waals surface area contributed by atoms with Crippen molar-refractivity contribution >= 4 is 16.8 Å². The highest BCUT2D eigenvalue weighted by Crippen LogP contribution is 2.29. The molecule has 0 aliphatic carbocycles. The molecule has 16 heavy (non-hydrogen) atoms. The lowest BCUT2D eigenvalue weighted by atomic mass is 10.0. The average molecular weight is 233 g/mol. The zero-order valence-corrected chi connectivity index (χ0v) is 9.28. The van der Waals surface area contributed by atoms with Gasteiger partial charge in [0.15, 0.2) is 11.1 Å². The molecule has 0 spiro atoms. The zero-order chi connectivity index (χ0) is 11.5. The first kappa shape index (κ1) is 10.9. The molecule has 1 unspecified atom stereocenters. The van der Waals surface area contributed by atoms with Crippen LogP contribution >= 0.6 is 0 Å². The van der Waals surface area contributed by atoms with E-state index in [9.17, 15) is 4.21 Å². The summed E-state index contributed by atoms with van der Waals surface area (Å²) in [5.74, 6) is 0. The smallest absolute Gasteiger partial charge is 0.188 e. The minimum absolute atomic E-state index is 0.251.